The third kappa shape index (κ3) is 6.40. The molecule has 1 aromatic heterocycles. The summed E-state index contributed by atoms with van der Waals surface area (Å²) in [5.74, 6) is -0.766. The number of carboxylic acids is 1. The molecule has 0 spiro atoms. The molecule has 3 rings (SSSR count). The van der Waals surface area contributed by atoms with Crippen LogP contribution in [0, 0.1) is 0 Å². The van der Waals surface area contributed by atoms with E-state index in [1.54, 1.807) is 24.3 Å². The Balaban J connectivity index is 1.59. The molecule has 0 aliphatic carbocycles. The molecule has 0 unspecified atom stereocenters. The predicted octanol–water partition coefficient (Wildman–Crippen LogP) is 5.19. The summed E-state index contributed by atoms with van der Waals surface area (Å²) in [5.41, 5.74) is 2.62. The van der Waals surface area contributed by atoms with E-state index in [4.69, 9.17) is 5.11 Å². The van der Waals surface area contributed by atoms with Gasteiger partial charge in [-0.05, 0) is 48.5 Å². The second-order valence-corrected chi connectivity index (χ2v) is 9.49. The number of carbonyl (C=O) groups is 1. The van der Waals surface area contributed by atoms with Crippen LogP contribution in [0.1, 0.15) is 37.7 Å². The molecule has 0 aliphatic heterocycles. The van der Waals surface area contributed by atoms with Crippen molar-refractivity contribution in [3.8, 4) is 11.3 Å². The van der Waals surface area contributed by atoms with Crippen LogP contribution in [0.3, 0.4) is 0 Å². The Morgan fingerprint density at radius 2 is 1.73 bits per heavy atom. The molecule has 158 valence electrons. The summed E-state index contributed by atoms with van der Waals surface area (Å²) in [7, 11) is -3.70. The van der Waals surface area contributed by atoms with Crippen LogP contribution in [0.15, 0.2) is 65.6 Å². The number of benzene rings is 2. The molecule has 0 atom stereocenters. The Kier molecular flexibility index (Phi) is 7.59. The molecule has 6 nitrogen and oxygen atoms in total. The molecule has 0 radical (unpaired) electrons. The Hall–Kier alpha value is -2.71. The molecule has 0 aliphatic rings. The van der Waals surface area contributed by atoms with Crippen molar-refractivity contribution in [1.29, 1.82) is 0 Å². The highest BCUT2D eigenvalue weighted by molar-refractivity contribution is 7.93. The summed E-state index contributed by atoms with van der Waals surface area (Å²) in [4.78, 5) is 10.7. The minimum Gasteiger partial charge on any atom is -0.481 e. The molecular weight excluding hydrogens is 420 g/mol. The number of carboxylic acid groups (broad SMARTS) is 1. The van der Waals surface area contributed by atoms with Gasteiger partial charge in [0.2, 0.25) is 0 Å². The zero-order valence-electron chi connectivity index (χ0n) is 16.5. The minimum atomic E-state index is -3.70. The smallest absolute Gasteiger partial charge is 0.303 e. The molecule has 0 amide bonds. The molecule has 0 fully saturated rings. The molecule has 0 saturated heterocycles. The number of hydrogen-bond acceptors (Lipinski definition) is 5. The Bertz CT molecular complexity index is 1080. The van der Waals surface area contributed by atoms with Gasteiger partial charge in [0.15, 0.2) is 0 Å². The van der Waals surface area contributed by atoms with Crippen molar-refractivity contribution in [3.05, 3.63) is 66.2 Å². The number of aliphatic carboxylic acids is 1. The lowest BCUT2D eigenvalue weighted by molar-refractivity contribution is -0.137. The second kappa shape index (κ2) is 10.4. The number of hydrogen-bond donors (Lipinski definition) is 2. The standard InChI is InChI=1S/C22H24N2O4S2/c25-22(26)14-7-2-1-4-9-17-10-8-13-19(15-17)30(27,28)24-21-16-20(23-29-21)18-11-5-3-6-12-18/h3,5-6,8,10-13,15-16,24H,1-2,4,7,9,14H2,(H,25,26). The monoisotopic (exact) mass is 444 g/mol. The molecular formula is C22H24N2O4S2. The van der Waals surface area contributed by atoms with E-state index in [1.807, 2.05) is 36.4 Å². The first-order valence-electron chi connectivity index (χ1n) is 9.80. The molecule has 0 bridgehead atoms. The van der Waals surface area contributed by atoms with Crippen molar-refractivity contribution in [2.24, 2.45) is 0 Å². The fraction of sp³-hybridized carbons (Fsp3) is 0.273. The lowest BCUT2D eigenvalue weighted by Crippen LogP contribution is -2.12. The summed E-state index contributed by atoms with van der Waals surface area (Å²) in [6, 6.07) is 18.3. The van der Waals surface area contributed by atoms with Gasteiger partial charge in [0.25, 0.3) is 10.0 Å². The number of sulfonamides is 1. The largest absolute Gasteiger partial charge is 0.481 e. The van der Waals surface area contributed by atoms with Crippen molar-refractivity contribution in [2.45, 2.75) is 43.4 Å². The summed E-state index contributed by atoms with van der Waals surface area (Å²) in [6.45, 7) is 0. The van der Waals surface area contributed by atoms with E-state index in [1.165, 1.54) is 0 Å². The topological polar surface area (TPSA) is 96.4 Å². The van der Waals surface area contributed by atoms with E-state index < -0.39 is 16.0 Å². The van der Waals surface area contributed by atoms with Crippen molar-refractivity contribution in [2.75, 3.05) is 4.72 Å². The van der Waals surface area contributed by atoms with Crippen molar-refractivity contribution in [3.63, 3.8) is 0 Å². The summed E-state index contributed by atoms with van der Waals surface area (Å²) < 4.78 is 32.5. The molecule has 30 heavy (non-hydrogen) atoms. The average molecular weight is 445 g/mol. The number of aryl methyl sites for hydroxylation is 1. The van der Waals surface area contributed by atoms with E-state index in [0.717, 1.165) is 54.0 Å². The van der Waals surface area contributed by atoms with Gasteiger partial charge in [-0.15, -0.1) is 0 Å². The van der Waals surface area contributed by atoms with Crippen LogP contribution >= 0.6 is 11.5 Å². The fourth-order valence-corrected chi connectivity index (χ4v) is 5.09. The highest BCUT2D eigenvalue weighted by Gasteiger charge is 2.16. The van der Waals surface area contributed by atoms with Gasteiger partial charge >= 0.3 is 5.97 Å². The molecule has 1 heterocycles. The Labute approximate surface area is 180 Å². The van der Waals surface area contributed by atoms with Gasteiger partial charge < -0.3 is 5.11 Å². The number of aromatic nitrogens is 1. The van der Waals surface area contributed by atoms with E-state index >= 15 is 0 Å². The van der Waals surface area contributed by atoms with Gasteiger partial charge in [0.1, 0.15) is 5.00 Å². The lowest BCUT2D eigenvalue weighted by Gasteiger charge is -2.08. The second-order valence-electron chi connectivity index (χ2n) is 7.00. The fourth-order valence-electron chi connectivity index (χ4n) is 3.09. The van der Waals surface area contributed by atoms with Crippen molar-refractivity contribution < 1.29 is 18.3 Å². The number of nitrogens with one attached hydrogen (secondary N) is 1. The summed E-state index contributed by atoms with van der Waals surface area (Å²) in [5, 5.41) is 9.12. The van der Waals surface area contributed by atoms with E-state index in [-0.39, 0.29) is 11.3 Å². The third-order valence-electron chi connectivity index (χ3n) is 4.63. The van der Waals surface area contributed by atoms with Gasteiger partial charge in [0.05, 0.1) is 10.6 Å². The van der Waals surface area contributed by atoms with Gasteiger partial charge in [-0.3, -0.25) is 9.52 Å². The van der Waals surface area contributed by atoms with Gasteiger partial charge in [0, 0.05) is 18.1 Å². The van der Waals surface area contributed by atoms with Gasteiger partial charge in [-0.1, -0.05) is 55.3 Å². The molecule has 3 aromatic rings. The number of anilines is 1. The SMILES string of the molecule is O=C(O)CCCCCCc1cccc(S(=O)(=O)Nc2cc(-c3ccccc3)ns2)c1. The summed E-state index contributed by atoms with van der Waals surface area (Å²) >= 11 is 1.11. The first-order valence-corrected chi connectivity index (χ1v) is 12.1. The zero-order valence-corrected chi connectivity index (χ0v) is 18.1. The van der Waals surface area contributed by atoms with Crippen LogP contribution in [-0.2, 0) is 21.2 Å². The van der Waals surface area contributed by atoms with Crippen LogP contribution in [-0.4, -0.2) is 23.9 Å². The lowest BCUT2D eigenvalue weighted by atomic mass is 10.1. The van der Waals surface area contributed by atoms with E-state index in [2.05, 4.69) is 9.10 Å². The zero-order chi connectivity index (χ0) is 21.4. The number of unbranched alkanes of at least 4 members (excludes halogenated alkanes) is 3. The normalized spacial score (nSPS) is 11.3. The quantitative estimate of drug-likeness (QED) is 0.397. The van der Waals surface area contributed by atoms with Crippen LogP contribution < -0.4 is 4.72 Å². The number of nitrogens with zero attached hydrogens (tertiary/aromatic N) is 1. The third-order valence-corrected chi connectivity index (χ3v) is 6.83. The highest BCUT2D eigenvalue weighted by Crippen LogP contribution is 2.27. The van der Waals surface area contributed by atoms with Crippen LogP contribution in [0.2, 0.25) is 0 Å². The first-order chi connectivity index (χ1) is 14.4. The van der Waals surface area contributed by atoms with Crippen LogP contribution in [0.4, 0.5) is 5.00 Å². The van der Waals surface area contributed by atoms with Crippen LogP contribution in [0.25, 0.3) is 11.3 Å². The minimum absolute atomic E-state index is 0.197. The Morgan fingerprint density at radius 3 is 2.50 bits per heavy atom. The van der Waals surface area contributed by atoms with Crippen molar-refractivity contribution in [1.82, 2.24) is 4.37 Å². The van der Waals surface area contributed by atoms with Crippen molar-refractivity contribution >= 4 is 32.5 Å². The molecule has 2 N–H and O–H groups in total. The first kappa shape index (κ1) is 22.0. The molecule has 0 saturated carbocycles. The van der Waals surface area contributed by atoms with E-state index in [0.29, 0.717) is 11.4 Å². The van der Waals surface area contributed by atoms with Gasteiger partial charge in [-0.25, -0.2) is 8.42 Å². The molecule has 2 aromatic carbocycles. The predicted molar refractivity (Wildman–Crippen MR) is 119 cm³/mol. The Morgan fingerprint density at radius 1 is 0.967 bits per heavy atom. The molecule has 8 heteroatoms. The van der Waals surface area contributed by atoms with Crippen LogP contribution in [0.5, 0.6) is 0 Å². The maximum Gasteiger partial charge on any atom is 0.303 e. The number of rotatable bonds is 11. The van der Waals surface area contributed by atoms with Gasteiger partial charge in [-0.2, -0.15) is 4.37 Å². The van der Waals surface area contributed by atoms with E-state index in [9.17, 15) is 13.2 Å². The average Bonchev–Trinajstić information content (AvgIpc) is 3.19. The maximum atomic E-state index is 12.8. The maximum absolute atomic E-state index is 12.8. The summed E-state index contributed by atoms with van der Waals surface area (Å²) in [6.07, 6.45) is 4.31. The highest BCUT2D eigenvalue weighted by atomic mass is 32.2.